The van der Waals surface area contributed by atoms with Crippen LogP contribution >= 0.6 is 0 Å². The van der Waals surface area contributed by atoms with Crippen LogP contribution in [0.15, 0.2) is 24.4 Å². The van der Waals surface area contributed by atoms with Crippen LogP contribution in [0.2, 0.25) is 0 Å². The van der Waals surface area contributed by atoms with E-state index in [1.807, 2.05) is 18.2 Å². The van der Waals surface area contributed by atoms with Gasteiger partial charge in [0, 0.05) is 17.0 Å². The number of hydrogen-bond acceptors (Lipinski definition) is 2. The van der Waals surface area contributed by atoms with Crippen LogP contribution in [0.25, 0.3) is 10.9 Å². The third kappa shape index (κ3) is 2.69. The van der Waals surface area contributed by atoms with Gasteiger partial charge in [-0.3, -0.25) is 9.89 Å². The maximum Gasteiger partial charge on any atom is 0.251 e. The Hall–Kier alpha value is -1.84. The molecule has 4 heteroatoms. The second kappa shape index (κ2) is 4.93. The van der Waals surface area contributed by atoms with E-state index in [2.05, 4.69) is 29.4 Å². The van der Waals surface area contributed by atoms with Crippen LogP contribution in [0.1, 0.15) is 49.9 Å². The van der Waals surface area contributed by atoms with Gasteiger partial charge < -0.3 is 5.32 Å². The lowest BCUT2D eigenvalue weighted by molar-refractivity contribution is 0.0902. The number of benzene rings is 1. The van der Waals surface area contributed by atoms with Crippen LogP contribution in [0.4, 0.5) is 0 Å². The number of carbonyl (C=O) groups excluding carboxylic acids is 1. The van der Waals surface area contributed by atoms with Crippen LogP contribution < -0.4 is 5.32 Å². The second-order valence-corrected chi connectivity index (χ2v) is 6.60. The summed E-state index contributed by atoms with van der Waals surface area (Å²) in [6.07, 6.45) is 6.35. The third-order valence-electron chi connectivity index (χ3n) is 4.24. The minimum atomic E-state index is 0.0178. The van der Waals surface area contributed by atoms with E-state index in [1.54, 1.807) is 6.20 Å². The number of aromatic nitrogens is 2. The van der Waals surface area contributed by atoms with E-state index in [-0.39, 0.29) is 5.91 Å². The summed E-state index contributed by atoms with van der Waals surface area (Å²) < 4.78 is 0. The molecule has 1 amide bonds. The molecule has 1 aromatic heterocycles. The molecule has 0 spiro atoms. The van der Waals surface area contributed by atoms with Crippen molar-refractivity contribution in [1.29, 1.82) is 0 Å². The molecule has 1 aliphatic carbocycles. The predicted molar refractivity (Wildman–Crippen MR) is 79.6 cm³/mol. The van der Waals surface area contributed by atoms with Gasteiger partial charge in [-0.25, -0.2) is 0 Å². The van der Waals surface area contributed by atoms with Crippen molar-refractivity contribution >= 4 is 16.8 Å². The largest absolute Gasteiger partial charge is 0.349 e. The zero-order valence-corrected chi connectivity index (χ0v) is 12.1. The first-order chi connectivity index (χ1) is 9.53. The molecule has 1 aromatic carbocycles. The highest BCUT2D eigenvalue weighted by Gasteiger charge is 2.28. The first kappa shape index (κ1) is 13.2. The van der Waals surface area contributed by atoms with Crippen LogP contribution in [0.5, 0.6) is 0 Å². The van der Waals surface area contributed by atoms with Crippen LogP contribution in [0.3, 0.4) is 0 Å². The summed E-state index contributed by atoms with van der Waals surface area (Å²) in [4.78, 5) is 12.3. The minimum absolute atomic E-state index is 0.0178. The van der Waals surface area contributed by atoms with Gasteiger partial charge in [0.25, 0.3) is 5.91 Å². The Labute approximate surface area is 119 Å². The van der Waals surface area contributed by atoms with E-state index in [0.717, 1.165) is 23.7 Å². The van der Waals surface area contributed by atoms with E-state index in [4.69, 9.17) is 0 Å². The molecule has 20 heavy (non-hydrogen) atoms. The summed E-state index contributed by atoms with van der Waals surface area (Å²) in [5, 5.41) is 11.1. The number of hydrogen-bond donors (Lipinski definition) is 2. The molecule has 1 fully saturated rings. The van der Waals surface area contributed by atoms with E-state index in [1.165, 1.54) is 12.8 Å². The summed E-state index contributed by atoms with van der Waals surface area (Å²) in [7, 11) is 0. The van der Waals surface area contributed by atoms with Gasteiger partial charge in [-0.2, -0.15) is 5.10 Å². The number of aromatic amines is 1. The molecule has 1 heterocycles. The number of amides is 1. The molecule has 4 nitrogen and oxygen atoms in total. The zero-order valence-electron chi connectivity index (χ0n) is 12.1. The van der Waals surface area contributed by atoms with Crippen LogP contribution in [-0.2, 0) is 0 Å². The van der Waals surface area contributed by atoms with Gasteiger partial charge in [-0.05, 0) is 36.8 Å². The van der Waals surface area contributed by atoms with Crippen molar-refractivity contribution in [3.63, 3.8) is 0 Å². The molecule has 2 N–H and O–H groups in total. The molecule has 0 radical (unpaired) electrons. The summed E-state index contributed by atoms with van der Waals surface area (Å²) in [6.45, 7) is 4.56. The lowest BCUT2D eigenvalue weighted by atomic mass is 9.75. The quantitative estimate of drug-likeness (QED) is 0.880. The van der Waals surface area contributed by atoms with E-state index < -0.39 is 0 Å². The predicted octanol–water partition coefficient (Wildman–Crippen LogP) is 3.26. The van der Waals surface area contributed by atoms with Gasteiger partial charge in [-0.15, -0.1) is 0 Å². The van der Waals surface area contributed by atoms with Crippen molar-refractivity contribution in [3.05, 3.63) is 30.0 Å². The molecular weight excluding hydrogens is 250 g/mol. The van der Waals surface area contributed by atoms with Crippen LogP contribution in [-0.4, -0.2) is 22.1 Å². The fourth-order valence-electron chi connectivity index (χ4n) is 3.17. The fourth-order valence-corrected chi connectivity index (χ4v) is 3.17. The van der Waals surface area contributed by atoms with Crippen molar-refractivity contribution in [1.82, 2.24) is 15.5 Å². The third-order valence-corrected chi connectivity index (χ3v) is 4.24. The van der Waals surface area contributed by atoms with E-state index in [0.29, 0.717) is 17.0 Å². The number of carbonyl (C=O) groups is 1. The smallest absolute Gasteiger partial charge is 0.251 e. The Morgan fingerprint density at radius 1 is 1.45 bits per heavy atom. The number of H-pyrrole nitrogens is 1. The lowest BCUT2D eigenvalue weighted by Gasteiger charge is -2.35. The lowest BCUT2D eigenvalue weighted by Crippen LogP contribution is -2.40. The molecule has 2 aromatic rings. The van der Waals surface area contributed by atoms with Gasteiger partial charge in [-0.1, -0.05) is 26.3 Å². The molecule has 1 saturated carbocycles. The molecule has 1 unspecified atom stereocenters. The molecule has 1 aliphatic rings. The monoisotopic (exact) mass is 271 g/mol. The number of nitrogens with zero attached hydrogens (tertiary/aromatic N) is 1. The number of nitrogens with one attached hydrogen (secondary N) is 2. The SMILES string of the molecule is CC1(C)CCCC(NC(=O)c2ccc3cn[nH]c3c2)C1. The molecule has 0 saturated heterocycles. The van der Waals surface area contributed by atoms with Crippen molar-refractivity contribution in [2.45, 2.75) is 45.6 Å². The molecule has 0 aliphatic heterocycles. The summed E-state index contributed by atoms with van der Waals surface area (Å²) in [6, 6.07) is 5.95. The minimum Gasteiger partial charge on any atom is -0.349 e. The van der Waals surface area contributed by atoms with Gasteiger partial charge >= 0.3 is 0 Å². The van der Waals surface area contributed by atoms with E-state index in [9.17, 15) is 4.79 Å². The van der Waals surface area contributed by atoms with Crippen molar-refractivity contribution < 1.29 is 4.79 Å². The highest BCUT2D eigenvalue weighted by Crippen LogP contribution is 2.35. The number of rotatable bonds is 2. The van der Waals surface area contributed by atoms with Crippen molar-refractivity contribution in [2.75, 3.05) is 0 Å². The highest BCUT2D eigenvalue weighted by molar-refractivity contribution is 5.97. The maximum absolute atomic E-state index is 12.3. The van der Waals surface area contributed by atoms with Crippen molar-refractivity contribution in [2.24, 2.45) is 5.41 Å². The highest BCUT2D eigenvalue weighted by atomic mass is 16.1. The Bertz CT molecular complexity index is 629. The zero-order chi connectivity index (χ0) is 14.2. The Balaban J connectivity index is 1.72. The Kier molecular flexibility index (Phi) is 3.24. The summed E-state index contributed by atoms with van der Waals surface area (Å²) in [5.41, 5.74) is 1.94. The molecular formula is C16H21N3O. The first-order valence-electron chi connectivity index (χ1n) is 7.27. The van der Waals surface area contributed by atoms with Gasteiger partial charge in [0.15, 0.2) is 0 Å². The molecule has 106 valence electrons. The van der Waals surface area contributed by atoms with E-state index >= 15 is 0 Å². The molecule has 0 bridgehead atoms. The average Bonchev–Trinajstić information content (AvgIpc) is 2.84. The van der Waals surface area contributed by atoms with Gasteiger partial charge in [0.1, 0.15) is 0 Å². The van der Waals surface area contributed by atoms with Crippen LogP contribution in [0, 0.1) is 5.41 Å². The Morgan fingerprint density at radius 3 is 3.10 bits per heavy atom. The van der Waals surface area contributed by atoms with Gasteiger partial charge in [0.2, 0.25) is 0 Å². The topological polar surface area (TPSA) is 57.8 Å². The fraction of sp³-hybridized carbons (Fsp3) is 0.500. The second-order valence-electron chi connectivity index (χ2n) is 6.60. The average molecular weight is 271 g/mol. The molecule has 3 rings (SSSR count). The van der Waals surface area contributed by atoms with Crippen molar-refractivity contribution in [3.8, 4) is 0 Å². The number of fused-ring (bicyclic) bond motifs is 1. The normalized spacial score (nSPS) is 21.8. The van der Waals surface area contributed by atoms with Gasteiger partial charge in [0.05, 0.1) is 11.7 Å². The first-order valence-corrected chi connectivity index (χ1v) is 7.27. The molecule has 1 atom stereocenters. The standard InChI is InChI=1S/C16H21N3O/c1-16(2)7-3-4-13(9-16)18-15(20)11-5-6-12-10-17-19-14(12)8-11/h5-6,8,10,13H,3-4,7,9H2,1-2H3,(H,17,19)(H,18,20). The maximum atomic E-state index is 12.3. The summed E-state index contributed by atoms with van der Waals surface area (Å²) >= 11 is 0. The Morgan fingerprint density at radius 2 is 2.30 bits per heavy atom. The summed E-state index contributed by atoms with van der Waals surface area (Å²) in [5.74, 6) is 0.0178.